The fraction of sp³-hybridized carbons (Fsp3) is 0.375. The van der Waals surface area contributed by atoms with Gasteiger partial charge in [-0.15, -0.1) is 0 Å². The van der Waals surface area contributed by atoms with E-state index < -0.39 is 12.2 Å². The molecule has 6 nitrogen and oxygen atoms in total. The Kier molecular flexibility index (Phi) is 5.41. The molecule has 1 N–H and O–H groups in total. The number of amides is 2. The molecule has 6 heteroatoms. The molecule has 0 radical (unpaired) electrons. The first-order valence-corrected chi connectivity index (χ1v) is 7.33. The van der Waals surface area contributed by atoms with E-state index in [0.717, 1.165) is 21.4 Å². The van der Waals surface area contributed by atoms with Gasteiger partial charge in [-0.05, 0) is 31.9 Å². The first kappa shape index (κ1) is 15.9. The molecule has 0 aliphatic heterocycles. The zero-order valence-corrected chi connectivity index (χ0v) is 12.8. The van der Waals surface area contributed by atoms with E-state index in [-0.39, 0.29) is 19.8 Å². The molecule has 2 aromatic rings. The standard InChI is InChI=1S/C16H20N2O4/c1-3-21-15(19)18(16(20)22-4-2)10-9-12-11-17-14-8-6-5-7-13(12)14/h5-8,11,17H,3-4,9-10H2,1-2H3. The second kappa shape index (κ2) is 7.49. The predicted octanol–water partition coefficient (Wildman–Crippen LogP) is 3.33. The van der Waals surface area contributed by atoms with Crippen molar-refractivity contribution in [2.24, 2.45) is 0 Å². The molecule has 1 heterocycles. The minimum Gasteiger partial charge on any atom is -0.449 e. The number of nitrogens with zero attached hydrogens (tertiary/aromatic N) is 1. The van der Waals surface area contributed by atoms with Gasteiger partial charge in [-0.2, -0.15) is 0 Å². The molecule has 2 rings (SSSR count). The van der Waals surface area contributed by atoms with Gasteiger partial charge in [0.05, 0.1) is 13.2 Å². The summed E-state index contributed by atoms with van der Waals surface area (Å²) in [5.41, 5.74) is 2.06. The molecule has 0 saturated heterocycles. The highest BCUT2D eigenvalue weighted by atomic mass is 16.6. The van der Waals surface area contributed by atoms with E-state index in [1.807, 2.05) is 30.5 Å². The van der Waals surface area contributed by atoms with Crippen LogP contribution in [-0.2, 0) is 15.9 Å². The number of benzene rings is 1. The van der Waals surface area contributed by atoms with Crippen molar-refractivity contribution in [3.8, 4) is 0 Å². The Morgan fingerprint density at radius 3 is 2.36 bits per heavy atom. The monoisotopic (exact) mass is 304 g/mol. The number of hydrogen-bond acceptors (Lipinski definition) is 4. The van der Waals surface area contributed by atoms with Crippen LogP contribution in [0.5, 0.6) is 0 Å². The van der Waals surface area contributed by atoms with Crippen molar-refractivity contribution in [2.45, 2.75) is 20.3 Å². The van der Waals surface area contributed by atoms with E-state index in [2.05, 4.69) is 4.98 Å². The zero-order chi connectivity index (χ0) is 15.9. The van der Waals surface area contributed by atoms with Gasteiger partial charge >= 0.3 is 12.2 Å². The number of H-pyrrole nitrogens is 1. The number of nitrogens with one attached hydrogen (secondary N) is 1. The van der Waals surface area contributed by atoms with Gasteiger partial charge in [0.1, 0.15) is 0 Å². The van der Waals surface area contributed by atoms with Gasteiger partial charge in [0.15, 0.2) is 0 Å². The molecule has 0 aliphatic rings. The maximum absolute atomic E-state index is 11.9. The van der Waals surface area contributed by atoms with Crippen molar-refractivity contribution < 1.29 is 19.1 Å². The van der Waals surface area contributed by atoms with Crippen molar-refractivity contribution in [2.75, 3.05) is 19.8 Å². The van der Waals surface area contributed by atoms with E-state index in [9.17, 15) is 9.59 Å². The first-order chi connectivity index (χ1) is 10.7. The van der Waals surface area contributed by atoms with Crippen LogP contribution in [-0.4, -0.2) is 41.8 Å². The molecule has 22 heavy (non-hydrogen) atoms. The van der Waals surface area contributed by atoms with Gasteiger partial charge < -0.3 is 14.5 Å². The van der Waals surface area contributed by atoms with E-state index >= 15 is 0 Å². The van der Waals surface area contributed by atoms with E-state index in [0.29, 0.717) is 6.42 Å². The van der Waals surface area contributed by atoms with Crippen LogP contribution < -0.4 is 0 Å². The van der Waals surface area contributed by atoms with Crippen LogP contribution in [0, 0.1) is 0 Å². The van der Waals surface area contributed by atoms with E-state index in [4.69, 9.17) is 9.47 Å². The van der Waals surface area contributed by atoms with Crippen LogP contribution in [0.2, 0.25) is 0 Å². The molecular formula is C16H20N2O4. The number of para-hydroxylation sites is 1. The lowest BCUT2D eigenvalue weighted by Crippen LogP contribution is -2.39. The zero-order valence-electron chi connectivity index (χ0n) is 12.8. The number of rotatable bonds is 5. The number of aromatic amines is 1. The molecule has 0 fully saturated rings. The highest BCUT2D eigenvalue weighted by molar-refractivity contribution is 5.88. The predicted molar refractivity (Wildman–Crippen MR) is 82.8 cm³/mol. The number of fused-ring (bicyclic) bond motifs is 1. The van der Waals surface area contributed by atoms with Gasteiger partial charge in [0, 0.05) is 23.6 Å². The van der Waals surface area contributed by atoms with Crippen LogP contribution in [0.3, 0.4) is 0 Å². The molecule has 0 bridgehead atoms. The second-order valence-electron chi connectivity index (χ2n) is 4.66. The molecule has 1 aromatic carbocycles. The third kappa shape index (κ3) is 3.58. The number of carbonyl (C=O) groups is 2. The average Bonchev–Trinajstić information content (AvgIpc) is 2.91. The van der Waals surface area contributed by atoms with Crippen LogP contribution in [0.4, 0.5) is 9.59 Å². The molecule has 2 amide bonds. The van der Waals surface area contributed by atoms with Crippen molar-refractivity contribution in [3.63, 3.8) is 0 Å². The molecular weight excluding hydrogens is 284 g/mol. The smallest absolute Gasteiger partial charge is 0.419 e. The Balaban J connectivity index is 2.10. The molecule has 0 atom stereocenters. The third-order valence-corrected chi connectivity index (χ3v) is 3.26. The Morgan fingerprint density at radius 2 is 1.73 bits per heavy atom. The second-order valence-corrected chi connectivity index (χ2v) is 4.66. The Bertz CT molecular complexity index is 632. The third-order valence-electron chi connectivity index (χ3n) is 3.26. The lowest BCUT2D eigenvalue weighted by atomic mass is 10.1. The van der Waals surface area contributed by atoms with Crippen LogP contribution in [0.25, 0.3) is 10.9 Å². The molecule has 118 valence electrons. The number of hydrogen-bond donors (Lipinski definition) is 1. The highest BCUT2D eigenvalue weighted by Crippen LogP contribution is 2.18. The lowest BCUT2D eigenvalue weighted by molar-refractivity contribution is 0.0817. The van der Waals surface area contributed by atoms with Crippen molar-refractivity contribution in [3.05, 3.63) is 36.0 Å². The van der Waals surface area contributed by atoms with Gasteiger partial charge in [-0.3, -0.25) is 0 Å². The summed E-state index contributed by atoms with van der Waals surface area (Å²) in [6.45, 7) is 4.02. The largest absolute Gasteiger partial charge is 0.449 e. The molecule has 0 spiro atoms. The van der Waals surface area contributed by atoms with Gasteiger partial charge in [-0.1, -0.05) is 18.2 Å². The summed E-state index contributed by atoms with van der Waals surface area (Å²) in [4.78, 5) is 27.9. The molecule has 0 aliphatic carbocycles. The minimum atomic E-state index is -0.680. The Hall–Kier alpha value is -2.50. The number of ether oxygens (including phenoxy) is 2. The van der Waals surface area contributed by atoms with E-state index in [1.54, 1.807) is 13.8 Å². The average molecular weight is 304 g/mol. The number of carbonyl (C=O) groups excluding carboxylic acids is 2. The summed E-state index contributed by atoms with van der Waals surface area (Å²) in [7, 11) is 0. The number of aromatic nitrogens is 1. The van der Waals surface area contributed by atoms with E-state index in [1.165, 1.54) is 0 Å². The maximum Gasteiger partial charge on any atom is 0.419 e. The van der Waals surface area contributed by atoms with Crippen LogP contribution in [0.1, 0.15) is 19.4 Å². The minimum absolute atomic E-state index is 0.208. The summed E-state index contributed by atoms with van der Waals surface area (Å²) in [6, 6.07) is 7.88. The van der Waals surface area contributed by atoms with Crippen LogP contribution in [0.15, 0.2) is 30.5 Å². The summed E-state index contributed by atoms with van der Waals surface area (Å²) >= 11 is 0. The van der Waals surface area contributed by atoms with Gasteiger partial charge in [0.2, 0.25) is 0 Å². The summed E-state index contributed by atoms with van der Waals surface area (Å²) in [6.07, 6.45) is 1.06. The highest BCUT2D eigenvalue weighted by Gasteiger charge is 2.24. The SMILES string of the molecule is CCOC(=O)N(CCc1c[nH]c2ccccc12)C(=O)OCC. The van der Waals surface area contributed by atoms with Crippen molar-refractivity contribution in [1.82, 2.24) is 9.88 Å². The molecule has 0 saturated carbocycles. The maximum atomic E-state index is 11.9. The summed E-state index contributed by atoms with van der Waals surface area (Å²) in [5.74, 6) is 0. The Labute approximate surface area is 129 Å². The first-order valence-electron chi connectivity index (χ1n) is 7.33. The fourth-order valence-electron chi connectivity index (χ4n) is 2.23. The normalized spacial score (nSPS) is 10.5. The van der Waals surface area contributed by atoms with Crippen molar-refractivity contribution in [1.29, 1.82) is 0 Å². The van der Waals surface area contributed by atoms with Crippen LogP contribution >= 0.6 is 0 Å². The summed E-state index contributed by atoms with van der Waals surface area (Å²) in [5, 5.41) is 1.08. The molecule has 0 unspecified atom stereocenters. The summed E-state index contributed by atoms with van der Waals surface area (Å²) < 4.78 is 9.81. The number of imide groups is 1. The topological polar surface area (TPSA) is 71.6 Å². The lowest BCUT2D eigenvalue weighted by Gasteiger charge is -2.19. The molecule has 1 aromatic heterocycles. The Morgan fingerprint density at radius 1 is 1.09 bits per heavy atom. The van der Waals surface area contributed by atoms with Crippen molar-refractivity contribution >= 4 is 23.1 Å². The quantitative estimate of drug-likeness (QED) is 0.919. The van der Waals surface area contributed by atoms with Gasteiger partial charge in [0.25, 0.3) is 0 Å². The fourth-order valence-corrected chi connectivity index (χ4v) is 2.23. The van der Waals surface area contributed by atoms with Gasteiger partial charge in [-0.25, -0.2) is 14.5 Å².